The fraction of sp³-hybridized carbons (Fsp3) is 1.00. The zero-order valence-electron chi connectivity index (χ0n) is 10.8. The van der Waals surface area contributed by atoms with Crippen molar-refractivity contribution in [3.63, 3.8) is 0 Å². The molecule has 0 aliphatic carbocycles. The van der Waals surface area contributed by atoms with Crippen molar-refractivity contribution in [2.45, 2.75) is 38.9 Å². The lowest BCUT2D eigenvalue weighted by molar-refractivity contribution is 0.297. The summed E-state index contributed by atoms with van der Waals surface area (Å²) in [6.45, 7) is 13.0. The van der Waals surface area contributed by atoms with Crippen LogP contribution < -0.4 is 11.5 Å². The van der Waals surface area contributed by atoms with Gasteiger partial charge >= 0.3 is 0 Å². The van der Waals surface area contributed by atoms with E-state index >= 15 is 0 Å². The highest BCUT2D eigenvalue weighted by Crippen LogP contribution is 2.36. The minimum Gasteiger partial charge on any atom is -0.416 e. The molecule has 0 heterocycles. The van der Waals surface area contributed by atoms with E-state index < -0.39 is 8.32 Å². The quantitative estimate of drug-likeness (QED) is 0.634. The van der Waals surface area contributed by atoms with E-state index in [1.807, 2.05) is 0 Å². The lowest BCUT2D eigenvalue weighted by Gasteiger charge is -2.35. The Morgan fingerprint density at radius 1 is 1.13 bits per heavy atom. The molecule has 0 aliphatic rings. The van der Waals surface area contributed by atoms with Gasteiger partial charge in [0.2, 0.25) is 0 Å². The first-order valence-corrected chi connectivity index (χ1v) is 8.28. The first kappa shape index (κ1) is 17.5. The lowest BCUT2D eigenvalue weighted by atomic mass is 10.2. The molecule has 94 valence electrons. The molecule has 0 bridgehead atoms. The second-order valence-corrected chi connectivity index (χ2v) is 9.72. The second kappa shape index (κ2) is 8.24. The van der Waals surface area contributed by atoms with Crippen molar-refractivity contribution in [2.75, 3.05) is 26.3 Å². The highest BCUT2D eigenvalue weighted by atomic mass is 28.4. The second-order valence-electron chi connectivity index (χ2n) is 4.91. The summed E-state index contributed by atoms with van der Waals surface area (Å²) < 4.78 is 5.76. The van der Waals surface area contributed by atoms with Crippen molar-refractivity contribution in [1.29, 1.82) is 0 Å². The van der Waals surface area contributed by atoms with Gasteiger partial charge < -0.3 is 21.0 Å². The maximum absolute atomic E-state index is 7.75. The van der Waals surface area contributed by atoms with Crippen LogP contribution in [0.25, 0.3) is 0 Å². The smallest absolute Gasteiger partial charge is 0.192 e. The molecule has 0 spiro atoms. The molecule has 5 heteroatoms. The van der Waals surface area contributed by atoms with Gasteiger partial charge in [-0.3, -0.25) is 0 Å². The Hall–Kier alpha value is 0.0569. The van der Waals surface area contributed by atoms with E-state index in [2.05, 4.69) is 33.9 Å². The average molecular weight is 236 g/mol. The normalized spacial score (nSPS) is 12.0. The number of rotatable bonds is 4. The molecule has 0 aliphatic heterocycles. The predicted octanol–water partition coefficient (Wildman–Crippen LogP) is 0.904. The molecule has 0 radical (unpaired) electrons. The number of nitrogens with two attached hydrogens (primary N) is 2. The van der Waals surface area contributed by atoms with E-state index in [1.165, 1.54) is 0 Å². The molecule has 0 atom stereocenters. The van der Waals surface area contributed by atoms with Gasteiger partial charge in [-0.15, -0.1) is 0 Å². The zero-order chi connectivity index (χ0) is 12.5. The van der Waals surface area contributed by atoms with Gasteiger partial charge in [-0.05, 0) is 18.1 Å². The Kier molecular flexibility index (Phi) is 9.58. The summed E-state index contributed by atoms with van der Waals surface area (Å²) in [5.74, 6) is 0. The molecule has 15 heavy (non-hydrogen) atoms. The van der Waals surface area contributed by atoms with E-state index in [1.54, 1.807) is 0 Å². The summed E-state index contributed by atoms with van der Waals surface area (Å²) in [6, 6.07) is 0. The lowest BCUT2D eigenvalue weighted by Crippen LogP contribution is -2.41. The summed E-state index contributed by atoms with van der Waals surface area (Å²) in [7, 11) is -1.51. The highest BCUT2D eigenvalue weighted by Gasteiger charge is 2.36. The SMILES string of the molecule is CC(C)(C)[Si](C)(C)OCCN.NCCO. The molecule has 5 N–H and O–H groups in total. The van der Waals surface area contributed by atoms with Crippen molar-refractivity contribution in [2.24, 2.45) is 11.5 Å². The molecule has 0 aromatic rings. The van der Waals surface area contributed by atoms with Crippen molar-refractivity contribution in [1.82, 2.24) is 0 Å². The van der Waals surface area contributed by atoms with E-state index in [-0.39, 0.29) is 6.61 Å². The van der Waals surface area contributed by atoms with Crippen LogP contribution in [0.1, 0.15) is 20.8 Å². The molecule has 0 fully saturated rings. The molecule has 0 aromatic carbocycles. The third kappa shape index (κ3) is 9.01. The molecular formula is C10H28N2O2Si. The van der Waals surface area contributed by atoms with Crippen LogP contribution in [0.3, 0.4) is 0 Å². The number of aliphatic hydroxyl groups excluding tert-OH is 1. The predicted molar refractivity (Wildman–Crippen MR) is 68.3 cm³/mol. The standard InChI is InChI=1S/C8H21NOSi.C2H7NO/c1-8(2,3)11(4,5)10-7-6-9;3-1-2-4/h6-7,9H2,1-5H3;4H,1-3H2. The summed E-state index contributed by atoms with van der Waals surface area (Å²) in [5.41, 5.74) is 10.2. The van der Waals surface area contributed by atoms with Crippen molar-refractivity contribution < 1.29 is 9.53 Å². The van der Waals surface area contributed by atoms with E-state index in [0.29, 0.717) is 24.7 Å². The number of hydrogen-bond acceptors (Lipinski definition) is 4. The van der Waals surface area contributed by atoms with Crippen LogP contribution >= 0.6 is 0 Å². The Morgan fingerprint density at radius 2 is 1.53 bits per heavy atom. The topological polar surface area (TPSA) is 81.5 Å². The minimum atomic E-state index is -1.51. The van der Waals surface area contributed by atoms with Crippen molar-refractivity contribution >= 4 is 8.32 Å². The highest BCUT2D eigenvalue weighted by molar-refractivity contribution is 6.74. The van der Waals surface area contributed by atoms with Crippen LogP contribution in [0.2, 0.25) is 18.1 Å². The van der Waals surface area contributed by atoms with Gasteiger partial charge in [0, 0.05) is 19.7 Å². The molecule has 0 saturated heterocycles. The largest absolute Gasteiger partial charge is 0.416 e. The fourth-order valence-corrected chi connectivity index (χ4v) is 1.59. The molecular weight excluding hydrogens is 208 g/mol. The van der Waals surface area contributed by atoms with E-state index in [0.717, 1.165) is 0 Å². The van der Waals surface area contributed by atoms with Crippen LogP contribution in [0.15, 0.2) is 0 Å². The van der Waals surface area contributed by atoms with Gasteiger partial charge in [0.05, 0.1) is 6.61 Å². The van der Waals surface area contributed by atoms with Gasteiger partial charge in [-0.2, -0.15) is 0 Å². The molecule has 0 amide bonds. The average Bonchev–Trinajstić information content (AvgIpc) is 2.13. The van der Waals surface area contributed by atoms with Crippen LogP contribution in [-0.2, 0) is 4.43 Å². The third-order valence-electron chi connectivity index (χ3n) is 2.52. The molecule has 0 unspecified atom stereocenters. The maximum atomic E-state index is 7.75. The van der Waals surface area contributed by atoms with E-state index in [9.17, 15) is 0 Å². The summed E-state index contributed by atoms with van der Waals surface area (Å²) >= 11 is 0. The fourth-order valence-electron chi connectivity index (χ4n) is 0.531. The van der Waals surface area contributed by atoms with Crippen LogP contribution in [-0.4, -0.2) is 39.7 Å². The monoisotopic (exact) mass is 236 g/mol. The maximum Gasteiger partial charge on any atom is 0.192 e. The summed E-state index contributed by atoms with van der Waals surface area (Å²) in [6.07, 6.45) is 0. The molecule has 0 rings (SSSR count). The Morgan fingerprint density at radius 3 is 1.73 bits per heavy atom. The Labute approximate surface area is 95.1 Å². The summed E-state index contributed by atoms with van der Waals surface area (Å²) in [4.78, 5) is 0. The van der Waals surface area contributed by atoms with Crippen molar-refractivity contribution in [3.8, 4) is 0 Å². The third-order valence-corrected chi connectivity index (χ3v) is 7.05. The van der Waals surface area contributed by atoms with Crippen LogP contribution in [0, 0.1) is 0 Å². The van der Waals surface area contributed by atoms with Gasteiger partial charge in [0.15, 0.2) is 8.32 Å². The van der Waals surface area contributed by atoms with Gasteiger partial charge in [-0.25, -0.2) is 0 Å². The van der Waals surface area contributed by atoms with Gasteiger partial charge in [0.25, 0.3) is 0 Å². The van der Waals surface area contributed by atoms with Crippen LogP contribution in [0.5, 0.6) is 0 Å². The van der Waals surface area contributed by atoms with Gasteiger partial charge in [0.1, 0.15) is 0 Å². The summed E-state index contributed by atoms with van der Waals surface area (Å²) in [5, 5.41) is 8.06. The first-order valence-electron chi connectivity index (χ1n) is 5.38. The first-order chi connectivity index (χ1) is 6.72. The molecule has 0 saturated carbocycles. The Bertz CT molecular complexity index is 145. The minimum absolute atomic E-state index is 0.0972. The molecule has 0 aromatic heterocycles. The Balaban J connectivity index is 0. The molecule has 4 nitrogen and oxygen atoms in total. The number of hydrogen-bond donors (Lipinski definition) is 3. The van der Waals surface area contributed by atoms with E-state index in [4.69, 9.17) is 21.0 Å². The van der Waals surface area contributed by atoms with Crippen molar-refractivity contribution in [3.05, 3.63) is 0 Å². The number of aliphatic hydroxyl groups is 1. The zero-order valence-corrected chi connectivity index (χ0v) is 11.8. The van der Waals surface area contributed by atoms with Gasteiger partial charge in [-0.1, -0.05) is 20.8 Å². The van der Waals surface area contributed by atoms with Crippen LogP contribution in [0.4, 0.5) is 0 Å².